The van der Waals surface area contributed by atoms with Gasteiger partial charge in [-0.3, -0.25) is 24.7 Å². The van der Waals surface area contributed by atoms with Gasteiger partial charge in [-0.1, -0.05) is 12.1 Å². The summed E-state index contributed by atoms with van der Waals surface area (Å²) >= 11 is 0. The zero-order valence-corrected chi connectivity index (χ0v) is 37.1. The first-order valence-electron chi connectivity index (χ1n) is 23.6. The number of piperazine rings is 1. The quantitative estimate of drug-likeness (QED) is 0.159. The minimum absolute atomic E-state index is 0.155. The Morgan fingerprint density at radius 3 is 2.29 bits per heavy atom. The van der Waals surface area contributed by atoms with Crippen LogP contribution in [0.2, 0.25) is 0 Å². The van der Waals surface area contributed by atoms with Gasteiger partial charge in [-0.15, -0.1) is 0 Å². The van der Waals surface area contributed by atoms with E-state index >= 15 is 0 Å². The number of nitrogens with one attached hydrogen (secondary N) is 2. The molecule has 12 rings (SSSR count). The number of carbonyl (C=O) groups is 3. The molecule has 65 heavy (non-hydrogen) atoms. The van der Waals surface area contributed by atoms with Crippen molar-refractivity contribution in [3.63, 3.8) is 0 Å². The summed E-state index contributed by atoms with van der Waals surface area (Å²) in [6.45, 7) is 11.9. The molecule has 2 aromatic carbocycles. The van der Waals surface area contributed by atoms with E-state index in [1.54, 1.807) is 11.2 Å². The topological polar surface area (TPSA) is 139 Å². The summed E-state index contributed by atoms with van der Waals surface area (Å²) in [6, 6.07) is 22.9. The molecule has 6 aromatic rings. The predicted molar refractivity (Wildman–Crippen MR) is 251 cm³/mol. The van der Waals surface area contributed by atoms with Crippen LogP contribution >= 0.6 is 0 Å². The minimum atomic E-state index is -0.347. The first kappa shape index (κ1) is 40.0. The maximum Gasteiger partial charge on any atom is 0.328 e. The molecule has 4 aromatic heterocycles. The third kappa shape index (κ3) is 7.31. The molecule has 2 N–H and O–H groups in total. The number of aryl methyl sites for hydroxylation is 2. The maximum atomic E-state index is 13.7. The summed E-state index contributed by atoms with van der Waals surface area (Å²) in [4.78, 5) is 66.5. The molecule has 1 saturated carbocycles. The van der Waals surface area contributed by atoms with Gasteiger partial charge in [-0.2, -0.15) is 0 Å². The van der Waals surface area contributed by atoms with E-state index in [1.807, 2.05) is 23.2 Å². The van der Waals surface area contributed by atoms with Crippen molar-refractivity contribution in [2.24, 2.45) is 5.92 Å². The molecule has 332 valence electrons. The molecule has 0 bridgehead atoms. The number of imide groups is 1. The number of urea groups is 1. The van der Waals surface area contributed by atoms with Crippen molar-refractivity contribution in [2.45, 2.75) is 70.4 Å². The van der Waals surface area contributed by atoms with E-state index in [0.29, 0.717) is 30.8 Å². The number of aromatic amines is 1. The van der Waals surface area contributed by atoms with Gasteiger partial charge in [0.05, 0.1) is 5.69 Å². The first-order chi connectivity index (χ1) is 31.7. The minimum Gasteiger partial charge on any atom is -0.372 e. The van der Waals surface area contributed by atoms with Gasteiger partial charge in [0.25, 0.3) is 5.91 Å². The standard InChI is InChI=1S/C51H55N11O3/c1-33-26-35(2-3-38(33)31-60-24-25-62-43(49(60)64)27-36-10-14-51(15-16-51)47(36)62)46-41-28-42(55-48(41)54-32-53-46)37-4-9-44(52-29-37)59-22-20-57(21-23-59)30-34-11-17-58(18-12-34)39-5-7-40(8-6-39)61-19-13-45(63)56-50(61)65/h2-9,26-29,32,34H,10-25,30-31H2,1H3,(H,53,54,55)(H,56,63,65). The Hall–Kier alpha value is -6.54. The maximum absolute atomic E-state index is 13.7. The molecule has 1 spiro atoms. The third-order valence-corrected chi connectivity index (χ3v) is 15.4. The second-order valence-corrected chi connectivity index (χ2v) is 19.3. The number of benzene rings is 2. The van der Waals surface area contributed by atoms with E-state index in [-0.39, 0.29) is 17.8 Å². The summed E-state index contributed by atoms with van der Waals surface area (Å²) in [6.07, 6.45) is 11.2. The molecule has 0 atom stereocenters. The number of anilines is 3. The van der Waals surface area contributed by atoms with Crippen LogP contribution in [0.5, 0.6) is 0 Å². The fourth-order valence-corrected chi connectivity index (χ4v) is 11.4. The number of hydrogen-bond acceptors (Lipinski definition) is 9. The number of amides is 4. The lowest BCUT2D eigenvalue weighted by Crippen LogP contribution is -2.49. The molecule has 4 amide bonds. The second kappa shape index (κ2) is 15.9. The molecule has 8 heterocycles. The van der Waals surface area contributed by atoms with Gasteiger partial charge in [0.1, 0.15) is 23.5 Å². The molecular weight excluding hydrogens is 815 g/mol. The lowest BCUT2D eigenvalue weighted by atomic mass is 9.95. The van der Waals surface area contributed by atoms with E-state index < -0.39 is 0 Å². The second-order valence-electron chi connectivity index (χ2n) is 19.3. The van der Waals surface area contributed by atoms with Gasteiger partial charge < -0.3 is 24.3 Å². The van der Waals surface area contributed by atoms with Crippen LogP contribution in [-0.2, 0) is 29.7 Å². The first-order valence-corrected chi connectivity index (χ1v) is 23.6. The van der Waals surface area contributed by atoms with Crippen molar-refractivity contribution in [3.8, 4) is 22.5 Å². The Morgan fingerprint density at radius 1 is 0.738 bits per heavy atom. The van der Waals surface area contributed by atoms with Gasteiger partial charge in [0, 0.05) is 129 Å². The highest BCUT2D eigenvalue weighted by molar-refractivity contribution is 6.05. The Labute approximate surface area is 378 Å². The number of hydrogen-bond donors (Lipinski definition) is 2. The molecule has 0 unspecified atom stereocenters. The van der Waals surface area contributed by atoms with Crippen LogP contribution in [0.15, 0.2) is 79.3 Å². The number of nitrogens with zero attached hydrogens (tertiary/aromatic N) is 9. The highest BCUT2D eigenvalue weighted by atomic mass is 16.2. The van der Waals surface area contributed by atoms with Crippen LogP contribution in [-0.4, -0.2) is 111 Å². The predicted octanol–water partition coefficient (Wildman–Crippen LogP) is 6.92. The zero-order valence-electron chi connectivity index (χ0n) is 37.1. The number of fused-ring (bicyclic) bond motifs is 5. The van der Waals surface area contributed by atoms with Crippen LogP contribution in [0.1, 0.15) is 71.4 Å². The summed E-state index contributed by atoms with van der Waals surface area (Å²) in [5, 5.41) is 3.37. The number of pyridine rings is 1. The molecule has 0 radical (unpaired) electrons. The molecule has 14 heteroatoms. The average molecular weight is 870 g/mol. The number of carbonyl (C=O) groups excluding carboxylic acids is 3. The van der Waals surface area contributed by atoms with Gasteiger partial charge in [0.2, 0.25) is 5.91 Å². The van der Waals surface area contributed by atoms with Gasteiger partial charge in [-0.25, -0.2) is 19.7 Å². The van der Waals surface area contributed by atoms with E-state index in [4.69, 9.17) is 9.97 Å². The van der Waals surface area contributed by atoms with Gasteiger partial charge in [-0.05, 0) is 123 Å². The van der Waals surface area contributed by atoms with Gasteiger partial charge in [0.15, 0.2) is 0 Å². The molecule has 3 saturated heterocycles. The molecule has 2 aliphatic carbocycles. The number of H-pyrrole nitrogens is 1. The summed E-state index contributed by atoms with van der Waals surface area (Å²) < 4.78 is 2.35. The molecule has 6 aliphatic rings. The summed E-state index contributed by atoms with van der Waals surface area (Å²) in [5.74, 6) is 1.62. The molecular formula is C51H55N11O3. The largest absolute Gasteiger partial charge is 0.372 e. The summed E-state index contributed by atoms with van der Waals surface area (Å²) in [7, 11) is 0. The van der Waals surface area contributed by atoms with Crippen molar-refractivity contribution in [2.75, 3.05) is 73.6 Å². The van der Waals surface area contributed by atoms with Crippen LogP contribution < -0.4 is 20.0 Å². The van der Waals surface area contributed by atoms with Crippen LogP contribution in [0.25, 0.3) is 33.5 Å². The SMILES string of the molecule is Cc1cc(-c2ncnc3[nH]c(-c4ccc(N5CCN(CC6CCN(c7ccc(N8CCC(=O)NC8=O)cc7)CC6)CC5)nc4)cc23)ccc1CN1CCn2c(cc3c2C2(CC3)CC2)C1=O. The fourth-order valence-electron chi connectivity index (χ4n) is 11.4. The molecule has 14 nitrogen and oxygen atoms in total. The lowest BCUT2D eigenvalue weighted by molar-refractivity contribution is -0.120. The molecule has 4 fully saturated rings. The van der Waals surface area contributed by atoms with Crippen LogP contribution in [0.3, 0.4) is 0 Å². The number of aromatic nitrogens is 5. The highest BCUT2D eigenvalue weighted by Gasteiger charge is 2.52. The highest BCUT2D eigenvalue weighted by Crippen LogP contribution is 2.57. The lowest BCUT2D eigenvalue weighted by Gasteiger charge is -2.39. The van der Waals surface area contributed by atoms with Crippen LogP contribution in [0.4, 0.5) is 22.0 Å². The van der Waals surface area contributed by atoms with E-state index in [1.165, 1.54) is 36.2 Å². The zero-order chi connectivity index (χ0) is 43.8. The van der Waals surface area contributed by atoms with Crippen molar-refractivity contribution in [3.05, 3.63) is 107 Å². The number of piperidine rings is 1. The van der Waals surface area contributed by atoms with E-state index in [9.17, 15) is 14.4 Å². The molecule has 4 aliphatic heterocycles. The van der Waals surface area contributed by atoms with Gasteiger partial charge >= 0.3 is 6.03 Å². The van der Waals surface area contributed by atoms with Crippen molar-refractivity contribution >= 4 is 46.1 Å². The van der Waals surface area contributed by atoms with E-state index in [2.05, 4.69) is 96.1 Å². The monoisotopic (exact) mass is 869 g/mol. The van der Waals surface area contributed by atoms with Crippen LogP contribution in [0, 0.1) is 12.8 Å². The Kier molecular flexibility index (Phi) is 9.76. The Bertz CT molecular complexity index is 2830. The Morgan fingerprint density at radius 2 is 1.54 bits per heavy atom. The van der Waals surface area contributed by atoms with Crippen molar-refractivity contribution in [1.29, 1.82) is 0 Å². The normalized spacial score (nSPS) is 19.9. The Balaban J connectivity index is 0.642. The average Bonchev–Trinajstić information content (AvgIpc) is 3.62. The van der Waals surface area contributed by atoms with Crippen molar-refractivity contribution < 1.29 is 14.4 Å². The number of rotatable bonds is 9. The summed E-state index contributed by atoms with van der Waals surface area (Å²) in [5.41, 5.74) is 13.1. The smallest absolute Gasteiger partial charge is 0.328 e. The van der Waals surface area contributed by atoms with E-state index in [0.717, 1.165) is 140 Å². The van der Waals surface area contributed by atoms with Crippen molar-refractivity contribution in [1.82, 2.24) is 39.6 Å². The fraction of sp³-hybridized carbons (Fsp3) is 0.412. The third-order valence-electron chi connectivity index (χ3n) is 15.4.